The fourth-order valence-corrected chi connectivity index (χ4v) is 2.93. The highest BCUT2D eigenvalue weighted by atomic mass is 35.5. The van der Waals surface area contributed by atoms with E-state index in [-0.39, 0.29) is 16.5 Å². The van der Waals surface area contributed by atoms with E-state index in [0.717, 1.165) is 11.3 Å². The molecule has 6 nitrogen and oxygen atoms in total. The molecular formula is C13H15ClN4O2S. The summed E-state index contributed by atoms with van der Waals surface area (Å²) in [6.07, 6.45) is 2.89. The summed E-state index contributed by atoms with van der Waals surface area (Å²) in [6.45, 7) is 2.02. The van der Waals surface area contributed by atoms with Crippen molar-refractivity contribution in [3.05, 3.63) is 46.9 Å². The maximum Gasteiger partial charge on any atom is 0.242 e. The van der Waals surface area contributed by atoms with Crippen LogP contribution in [0.5, 0.6) is 0 Å². The van der Waals surface area contributed by atoms with Crippen molar-refractivity contribution in [2.24, 2.45) is 0 Å². The molecule has 21 heavy (non-hydrogen) atoms. The Hall–Kier alpha value is -1.70. The molecular weight excluding hydrogens is 312 g/mol. The lowest BCUT2D eigenvalue weighted by atomic mass is 10.2. The van der Waals surface area contributed by atoms with Crippen LogP contribution in [0.15, 0.2) is 35.5 Å². The normalized spacial score (nSPS) is 11.4. The Morgan fingerprint density at radius 1 is 1.24 bits per heavy atom. The van der Waals surface area contributed by atoms with Crippen molar-refractivity contribution in [1.82, 2.24) is 14.7 Å². The van der Waals surface area contributed by atoms with Gasteiger partial charge in [-0.1, -0.05) is 17.7 Å². The quantitative estimate of drug-likeness (QED) is 0.877. The van der Waals surface area contributed by atoms with Gasteiger partial charge < -0.3 is 5.32 Å². The molecule has 0 aliphatic carbocycles. The first-order valence-corrected chi connectivity index (χ1v) is 8.03. The summed E-state index contributed by atoms with van der Waals surface area (Å²) >= 11 is 5.94. The van der Waals surface area contributed by atoms with Gasteiger partial charge in [-0.25, -0.2) is 18.1 Å². The van der Waals surface area contributed by atoms with Crippen LogP contribution in [-0.4, -0.2) is 25.4 Å². The van der Waals surface area contributed by atoms with E-state index in [1.54, 1.807) is 13.2 Å². The number of nitrogens with zero attached hydrogens (tertiary/aromatic N) is 2. The van der Waals surface area contributed by atoms with Crippen LogP contribution in [0.4, 0.5) is 5.82 Å². The Morgan fingerprint density at radius 2 is 2.00 bits per heavy atom. The van der Waals surface area contributed by atoms with Crippen LogP contribution < -0.4 is 10.0 Å². The average Bonchev–Trinajstić information content (AvgIpc) is 2.46. The number of rotatable bonds is 5. The summed E-state index contributed by atoms with van der Waals surface area (Å²) in [4.78, 5) is 8.09. The van der Waals surface area contributed by atoms with E-state index in [2.05, 4.69) is 20.0 Å². The lowest BCUT2D eigenvalue weighted by molar-refractivity contribution is 0.581. The maximum atomic E-state index is 12.2. The van der Waals surface area contributed by atoms with Crippen molar-refractivity contribution in [3.63, 3.8) is 0 Å². The van der Waals surface area contributed by atoms with Gasteiger partial charge in [0.2, 0.25) is 10.0 Å². The molecule has 0 radical (unpaired) electrons. The van der Waals surface area contributed by atoms with Crippen LogP contribution in [0, 0.1) is 6.92 Å². The van der Waals surface area contributed by atoms with Crippen LogP contribution in [0.1, 0.15) is 11.3 Å². The highest BCUT2D eigenvalue weighted by Crippen LogP contribution is 2.21. The summed E-state index contributed by atoms with van der Waals surface area (Å²) in [7, 11) is -2.01. The zero-order chi connectivity index (χ0) is 15.5. The summed E-state index contributed by atoms with van der Waals surface area (Å²) in [5, 5.41) is 3.02. The van der Waals surface area contributed by atoms with Crippen molar-refractivity contribution < 1.29 is 8.42 Å². The Labute approximate surface area is 128 Å². The molecule has 0 saturated heterocycles. The van der Waals surface area contributed by atoms with Crippen LogP contribution in [0.3, 0.4) is 0 Å². The highest BCUT2D eigenvalue weighted by molar-refractivity contribution is 7.89. The molecule has 0 aromatic carbocycles. The molecule has 0 aliphatic rings. The van der Waals surface area contributed by atoms with Gasteiger partial charge in [0, 0.05) is 31.7 Å². The molecule has 0 bridgehead atoms. The molecule has 2 aromatic heterocycles. The van der Waals surface area contributed by atoms with Gasteiger partial charge >= 0.3 is 0 Å². The lowest BCUT2D eigenvalue weighted by Crippen LogP contribution is -2.23. The molecule has 2 aromatic rings. The first kappa shape index (κ1) is 15.7. The Balaban J connectivity index is 2.14. The monoisotopic (exact) mass is 326 g/mol. The zero-order valence-corrected chi connectivity index (χ0v) is 13.2. The molecule has 0 amide bonds. The van der Waals surface area contributed by atoms with Gasteiger partial charge in [-0.15, -0.1) is 0 Å². The number of hydrogen-bond acceptors (Lipinski definition) is 5. The molecule has 0 saturated carbocycles. The minimum Gasteiger partial charge on any atom is -0.372 e. The lowest BCUT2D eigenvalue weighted by Gasteiger charge is -2.08. The second-order valence-corrected chi connectivity index (χ2v) is 6.56. The third-order valence-corrected chi connectivity index (χ3v) is 4.46. The van der Waals surface area contributed by atoms with Crippen molar-refractivity contribution in [2.75, 3.05) is 12.4 Å². The Morgan fingerprint density at radius 3 is 2.57 bits per heavy atom. The Kier molecular flexibility index (Phi) is 4.76. The maximum absolute atomic E-state index is 12.2. The first-order valence-electron chi connectivity index (χ1n) is 6.17. The van der Waals surface area contributed by atoms with E-state index in [1.807, 2.05) is 19.1 Å². The highest BCUT2D eigenvalue weighted by Gasteiger charge is 2.16. The van der Waals surface area contributed by atoms with Gasteiger partial charge in [-0.2, -0.15) is 0 Å². The summed E-state index contributed by atoms with van der Waals surface area (Å²) in [6, 6.07) is 5.00. The fourth-order valence-electron chi connectivity index (χ4n) is 1.62. The van der Waals surface area contributed by atoms with E-state index in [0.29, 0.717) is 5.82 Å². The third-order valence-electron chi connectivity index (χ3n) is 2.80. The van der Waals surface area contributed by atoms with E-state index in [1.165, 1.54) is 12.3 Å². The molecule has 0 unspecified atom stereocenters. The molecule has 2 rings (SSSR count). The largest absolute Gasteiger partial charge is 0.372 e. The van der Waals surface area contributed by atoms with E-state index in [9.17, 15) is 8.42 Å². The number of anilines is 1. The molecule has 0 atom stereocenters. The third kappa shape index (κ3) is 3.90. The van der Waals surface area contributed by atoms with Crippen LogP contribution >= 0.6 is 11.6 Å². The molecule has 8 heteroatoms. The predicted molar refractivity (Wildman–Crippen MR) is 81.8 cm³/mol. The smallest absolute Gasteiger partial charge is 0.242 e. The van der Waals surface area contributed by atoms with Crippen LogP contribution in [0.2, 0.25) is 5.02 Å². The molecule has 2 heterocycles. The average molecular weight is 327 g/mol. The van der Waals surface area contributed by atoms with Gasteiger partial charge in [-0.05, 0) is 24.6 Å². The van der Waals surface area contributed by atoms with Gasteiger partial charge in [0.1, 0.15) is 10.7 Å². The van der Waals surface area contributed by atoms with Crippen LogP contribution in [0.25, 0.3) is 0 Å². The molecule has 112 valence electrons. The predicted octanol–water partition coefficient (Wildman–Crippen LogP) is 1.96. The number of halogens is 1. The standard InChI is InChI=1S/C13H15ClN4O2S/c1-9-3-4-10(6-16-9)7-18-21(19,20)11-5-12(14)13(15-2)17-8-11/h3-6,8,18H,7H2,1-2H3,(H,15,17). The van der Waals surface area contributed by atoms with Gasteiger partial charge in [0.15, 0.2) is 0 Å². The zero-order valence-electron chi connectivity index (χ0n) is 11.6. The van der Waals surface area contributed by atoms with E-state index >= 15 is 0 Å². The number of nitrogens with one attached hydrogen (secondary N) is 2. The van der Waals surface area contributed by atoms with Crippen molar-refractivity contribution >= 4 is 27.4 Å². The topological polar surface area (TPSA) is 84.0 Å². The van der Waals surface area contributed by atoms with Gasteiger partial charge in [-0.3, -0.25) is 4.98 Å². The number of sulfonamides is 1. The first-order chi connectivity index (χ1) is 9.92. The minimum absolute atomic E-state index is 0.0200. The molecule has 0 aliphatic heterocycles. The SMILES string of the molecule is CNc1ncc(S(=O)(=O)NCc2ccc(C)nc2)cc1Cl. The molecule has 0 spiro atoms. The summed E-state index contributed by atoms with van der Waals surface area (Å²) in [5.41, 5.74) is 1.65. The van der Waals surface area contributed by atoms with Crippen molar-refractivity contribution in [1.29, 1.82) is 0 Å². The number of pyridine rings is 2. The second-order valence-electron chi connectivity index (χ2n) is 4.38. The summed E-state index contributed by atoms with van der Waals surface area (Å²) < 4.78 is 26.8. The van der Waals surface area contributed by atoms with Crippen molar-refractivity contribution in [3.8, 4) is 0 Å². The minimum atomic E-state index is -3.67. The second kappa shape index (κ2) is 6.38. The van der Waals surface area contributed by atoms with Gasteiger partial charge in [0.05, 0.1) is 5.02 Å². The molecule has 0 fully saturated rings. The summed E-state index contributed by atoms with van der Waals surface area (Å²) in [5.74, 6) is 0.429. The Bertz CT molecular complexity index is 732. The van der Waals surface area contributed by atoms with E-state index < -0.39 is 10.0 Å². The van der Waals surface area contributed by atoms with Crippen molar-refractivity contribution in [2.45, 2.75) is 18.4 Å². The fraction of sp³-hybridized carbons (Fsp3) is 0.231. The molecule has 2 N–H and O–H groups in total. The number of aryl methyl sites for hydroxylation is 1. The van der Waals surface area contributed by atoms with Gasteiger partial charge in [0.25, 0.3) is 0 Å². The number of hydrogen-bond donors (Lipinski definition) is 2. The van der Waals surface area contributed by atoms with E-state index in [4.69, 9.17) is 11.6 Å². The van der Waals surface area contributed by atoms with Crippen LogP contribution in [-0.2, 0) is 16.6 Å². The number of aromatic nitrogens is 2.